The van der Waals surface area contributed by atoms with Crippen molar-refractivity contribution in [1.82, 2.24) is 14.8 Å². The number of carbonyl (C=O) groups is 1. The van der Waals surface area contributed by atoms with E-state index in [1.54, 1.807) is 22.8 Å². The van der Waals surface area contributed by atoms with Gasteiger partial charge in [0.1, 0.15) is 12.7 Å². The zero-order chi connectivity index (χ0) is 14.4. The number of nitrogens with two attached hydrogens (primary N) is 1. The normalized spacial score (nSPS) is 12.1. The van der Waals surface area contributed by atoms with Crippen LogP contribution >= 0.6 is 11.8 Å². The largest absolute Gasteiger partial charge is 0.323 e. The molecule has 0 spiro atoms. The summed E-state index contributed by atoms with van der Waals surface area (Å²) in [6, 6.07) is 6.89. The number of thioether (sulfide) groups is 1. The van der Waals surface area contributed by atoms with Crippen LogP contribution in [0.5, 0.6) is 0 Å². The maximum absolute atomic E-state index is 12.0. The van der Waals surface area contributed by atoms with Crippen LogP contribution < -0.4 is 11.1 Å². The van der Waals surface area contributed by atoms with Crippen molar-refractivity contribution in [3.63, 3.8) is 0 Å². The Morgan fingerprint density at radius 2 is 2.30 bits per heavy atom. The number of nitrogens with one attached hydrogen (secondary N) is 1. The summed E-state index contributed by atoms with van der Waals surface area (Å²) in [6.45, 7) is 0. The molecule has 0 bridgehead atoms. The highest BCUT2D eigenvalue weighted by Gasteiger charge is 2.15. The summed E-state index contributed by atoms with van der Waals surface area (Å²) in [7, 11) is 0. The smallest absolute Gasteiger partial charge is 0.241 e. The first-order valence-corrected chi connectivity index (χ1v) is 7.61. The molecule has 2 rings (SSSR count). The molecule has 0 aliphatic heterocycles. The molecular formula is C13H17N5OS. The predicted molar refractivity (Wildman–Crippen MR) is 81.0 cm³/mol. The molecule has 0 radical (unpaired) electrons. The minimum absolute atomic E-state index is 0.188. The first-order valence-electron chi connectivity index (χ1n) is 6.22. The van der Waals surface area contributed by atoms with E-state index in [1.165, 1.54) is 6.33 Å². The number of hydrogen-bond acceptors (Lipinski definition) is 5. The molecule has 0 aliphatic rings. The van der Waals surface area contributed by atoms with Gasteiger partial charge in [-0.3, -0.25) is 4.79 Å². The number of benzene rings is 1. The van der Waals surface area contributed by atoms with Crippen LogP contribution in [-0.4, -0.2) is 38.7 Å². The molecule has 1 heterocycles. The van der Waals surface area contributed by atoms with Crippen molar-refractivity contribution in [2.24, 2.45) is 5.73 Å². The molecule has 1 amide bonds. The van der Waals surface area contributed by atoms with Crippen LogP contribution in [0.25, 0.3) is 5.69 Å². The molecule has 0 saturated heterocycles. The van der Waals surface area contributed by atoms with E-state index in [0.29, 0.717) is 12.1 Å². The summed E-state index contributed by atoms with van der Waals surface area (Å²) < 4.78 is 1.60. The van der Waals surface area contributed by atoms with Crippen molar-refractivity contribution in [1.29, 1.82) is 0 Å². The summed E-state index contributed by atoms with van der Waals surface area (Å²) >= 11 is 1.67. The Labute approximate surface area is 121 Å². The SMILES string of the molecule is CSCC[C@H](N)C(=O)Nc1ccccc1-n1cncn1. The van der Waals surface area contributed by atoms with Gasteiger partial charge in [0, 0.05) is 0 Å². The van der Waals surface area contributed by atoms with Gasteiger partial charge in [0.2, 0.25) is 5.91 Å². The highest BCUT2D eigenvalue weighted by Crippen LogP contribution is 2.18. The van der Waals surface area contributed by atoms with Gasteiger partial charge in [0.25, 0.3) is 0 Å². The van der Waals surface area contributed by atoms with Crippen molar-refractivity contribution in [2.45, 2.75) is 12.5 Å². The van der Waals surface area contributed by atoms with Crippen molar-refractivity contribution in [2.75, 3.05) is 17.3 Å². The fourth-order valence-electron chi connectivity index (χ4n) is 1.71. The number of nitrogens with zero attached hydrogens (tertiary/aromatic N) is 3. The summed E-state index contributed by atoms with van der Waals surface area (Å²) in [5.74, 6) is 0.672. The molecule has 0 aliphatic carbocycles. The summed E-state index contributed by atoms with van der Waals surface area (Å²) in [4.78, 5) is 16.0. The van der Waals surface area contributed by atoms with Crippen LogP contribution in [0.4, 0.5) is 5.69 Å². The molecule has 1 aromatic heterocycles. The number of carbonyl (C=O) groups excluding carboxylic acids is 1. The molecular weight excluding hydrogens is 274 g/mol. The quantitative estimate of drug-likeness (QED) is 0.837. The molecule has 0 saturated carbocycles. The van der Waals surface area contributed by atoms with Crippen LogP contribution in [0, 0.1) is 0 Å². The van der Waals surface area contributed by atoms with Gasteiger partial charge in [-0.1, -0.05) is 12.1 Å². The molecule has 0 fully saturated rings. The summed E-state index contributed by atoms with van der Waals surface area (Å²) in [5, 5.41) is 6.91. The topological polar surface area (TPSA) is 85.8 Å². The Morgan fingerprint density at radius 1 is 1.50 bits per heavy atom. The molecule has 20 heavy (non-hydrogen) atoms. The monoisotopic (exact) mass is 291 g/mol. The van der Waals surface area contributed by atoms with Crippen LogP contribution in [0.1, 0.15) is 6.42 Å². The second-order valence-electron chi connectivity index (χ2n) is 4.23. The van der Waals surface area contributed by atoms with Crippen LogP contribution in [0.3, 0.4) is 0 Å². The lowest BCUT2D eigenvalue weighted by molar-refractivity contribution is -0.117. The molecule has 6 nitrogen and oxygen atoms in total. The Balaban J connectivity index is 2.12. The second-order valence-corrected chi connectivity index (χ2v) is 5.22. The standard InChI is InChI=1S/C13H17N5OS/c1-20-7-6-10(14)13(19)17-11-4-2-3-5-12(11)18-9-15-8-16-18/h2-5,8-10H,6-7,14H2,1H3,(H,17,19)/t10-/m0/s1. The van der Waals surface area contributed by atoms with Gasteiger partial charge in [-0.2, -0.15) is 16.9 Å². The van der Waals surface area contributed by atoms with Crippen molar-refractivity contribution in [3.8, 4) is 5.69 Å². The van der Waals surface area contributed by atoms with E-state index in [-0.39, 0.29) is 5.91 Å². The second kappa shape index (κ2) is 7.06. The molecule has 2 aromatic rings. The Kier molecular flexibility index (Phi) is 5.14. The lowest BCUT2D eigenvalue weighted by Crippen LogP contribution is -2.36. The maximum Gasteiger partial charge on any atom is 0.241 e. The minimum atomic E-state index is -0.508. The number of para-hydroxylation sites is 2. The van der Waals surface area contributed by atoms with Crippen LogP contribution in [-0.2, 0) is 4.79 Å². The van der Waals surface area contributed by atoms with E-state index >= 15 is 0 Å². The predicted octanol–water partition coefficient (Wildman–Crippen LogP) is 1.29. The molecule has 7 heteroatoms. The first kappa shape index (κ1) is 14.5. The molecule has 1 aromatic carbocycles. The van der Waals surface area contributed by atoms with E-state index in [2.05, 4.69) is 15.4 Å². The number of aromatic nitrogens is 3. The lowest BCUT2D eigenvalue weighted by Gasteiger charge is -2.14. The molecule has 3 N–H and O–H groups in total. The third-order valence-corrected chi connectivity index (χ3v) is 3.44. The molecule has 0 unspecified atom stereocenters. The first-order chi connectivity index (χ1) is 9.72. The minimum Gasteiger partial charge on any atom is -0.323 e. The van der Waals surface area contributed by atoms with Gasteiger partial charge in [-0.05, 0) is 30.6 Å². The van der Waals surface area contributed by atoms with E-state index in [4.69, 9.17) is 5.73 Å². The van der Waals surface area contributed by atoms with Crippen LogP contribution in [0.15, 0.2) is 36.9 Å². The van der Waals surface area contributed by atoms with Gasteiger partial charge in [0.05, 0.1) is 17.4 Å². The molecule has 1 atom stereocenters. The summed E-state index contributed by atoms with van der Waals surface area (Å²) in [5.41, 5.74) is 7.29. The highest BCUT2D eigenvalue weighted by atomic mass is 32.2. The van der Waals surface area contributed by atoms with Gasteiger partial charge in [-0.25, -0.2) is 9.67 Å². The lowest BCUT2D eigenvalue weighted by atomic mass is 10.2. The molecule has 106 valence electrons. The van der Waals surface area contributed by atoms with Gasteiger partial charge >= 0.3 is 0 Å². The van der Waals surface area contributed by atoms with Gasteiger partial charge in [0.15, 0.2) is 0 Å². The fourth-order valence-corrected chi connectivity index (χ4v) is 2.20. The zero-order valence-electron chi connectivity index (χ0n) is 11.2. The number of amides is 1. The van der Waals surface area contributed by atoms with E-state index in [0.717, 1.165) is 11.4 Å². The van der Waals surface area contributed by atoms with E-state index < -0.39 is 6.04 Å². The van der Waals surface area contributed by atoms with Gasteiger partial charge in [-0.15, -0.1) is 0 Å². The average Bonchev–Trinajstić information content (AvgIpc) is 2.99. The third kappa shape index (κ3) is 3.58. The van der Waals surface area contributed by atoms with Crippen molar-refractivity contribution in [3.05, 3.63) is 36.9 Å². The Morgan fingerprint density at radius 3 is 3.00 bits per heavy atom. The Hall–Kier alpha value is -1.86. The van der Waals surface area contributed by atoms with Crippen LogP contribution in [0.2, 0.25) is 0 Å². The van der Waals surface area contributed by atoms with Crippen molar-refractivity contribution >= 4 is 23.4 Å². The van der Waals surface area contributed by atoms with Gasteiger partial charge < -0.3 is 11.1 Å². The number of hydrogen-bond donors (Lipinski definition) is 2. The van der Waals surface area contributed by atoms with E-state index in [1.807, 2.05) is 30.5 Å². The zero-order valence-corrected chi connectivity index (χ0v) is 12.0. The number of rotatable bonds is 6. The summed E-state index contributed by atoms with van der Waals surface area (Å²) in [6.07, 6.45) is 5.67. The maximum atomic E-state index is 12.0. The van der Waals surface area contributed by atoms with Crippen molar-refractivity contribution < 1.29 is 4.79 Å². The fraction of sp³-hybridized carbons (Fsp3) is 0.308. The third-order valence-electron chi connectivity index (χ3n) is 2.80. The highest BCUT2D eigenvalue weighted by molar-refractivity contribution is 7.98. The number of anilines is 1. The Bertz CT molecular complexity index is 558. The van der Waals surface area contributed by atoms with E-state index in [9.17, 15) is 4.79 Å². The average molecular weight is 291 g/mol.